The van der Waals surface area contributed by atoms with E-state index in [1.54, 1.807) is 11.2 Å². The van der Waals surface area contributed by atoms with Gasteiger partial charge in [0.2, 0.25) is 5.95 Å². The topological polar surface area (TPSA) is 66.3 Å². The van der Waals surface area contributed by atoms with Gasteiger partial charge in [-0.2, -0.15) is 4.98 Å². The Kier molecular flexibility index (Phi) is 3.93. The van der Waals surface area contributed by atoms with E-state index in [0.29, 0.717) is 17.0 Å². The molecule has 0 bridgehead atoms. The number of halogens is 1. The van der Waals surface area contributed by atoms with Crippen LogP contribution in [0, 0.1) is 3.57 Å². The molecule has 102 valence electrons. The lowest BCUT2D eigenvalue weighted by Gasteiger charge is -2.08. The van der Waals surface area contributed by atoms with E-state index >= 15 is 0 Å². The van der Waals surface area contributed by atoms with Crippen molar-refractivity contribution >= 4 is 45.9 Å². The van der Waals surface area contributed by atoms with E-state index in [-0.39, 0.29) is 11.6 Å². The fourth-order valence-electron chi connectivity index (χ4n) is 1.72. The molecule has 6 nitrogen and oxygen atoms in total. The first-order valence-electron chi connectivity index (χ1n) is 5.91. The van der Waals surface area contributed by atoms with Crippen molar-refractivity contribution in [3.63, 3.8) is 0 Å². The minimum absolute atomic E-state index is 0.153. The molecule has 2 rings (SSSR count). The van der Waals surface area contributed by atoms with Crippen LogP contribution >= 0.6 is 22.6 Å². The maximum atomic E-state index is 12.1. The number of hydrogen-bond donors (Lipinski definition) is 1. The molecule has 0 aliphatic carbocycles. The van der Waals surface area contributed by atoms with Gasteiger partial charge in [-0.15, -0.1) is 0 Å². The first-order valence-corrected chi connectivity index (χ1v) is 6.99. The van der Waals surface area contributed by atoms with Gasteiger partial charge >= 0.3 is 0 Å². The fourth-order valence-corrected chi connectivity index (χ4v) is 2.51. The lowest BCUT2D eigenvalue weighted by atomic mass is 10.4. The van der Waals surface area contributed by atoms with Gasteiger partial charge in [0.05, 0.1) is 11.7 Å². The van der Waals surface area contributed by atoms with Crippen LogP contribution in [0.5, 0.6) is 0 Å². The van der Waals surface area contributed by atoms with E-state index in [1.807, 2.05) is 24.9 Å². The van der Waals surface area contributed by atoms with Crippen molar-refractivity contribution in [2.75, 3.05) is 14.1 Å². The summed E-state index contributed by atoms with van der Waals surface area (Å²) in [7, 11) is 3.72. The molecule has 0 atom stereocenters. The van der Waals surface area contributed by atoms with Gasteiger partial charge in [-0.05, 0) is 36.4 Å². The monoisotopic (exact) mass is 373 g/mol. The number of H-pyrrole nitrogens is 1. The standard InChI is InChI=1S/C12H16IN5O/c1-7(2)18-5-8(13)9-10(18)15-12(16-11(9)19)14-6-17(3)4/h5-7H,1-4H3,(H,15,16,19)/b14-6-. The van der Waals surface area contributed by atoms with Gasteiger partial charge in [-0.3, -0.25) is 9.78 Å². The Hall–Kier alpha value is -1.38. The first kappa shape index (κ1) is 14.0. The Labute approximate surface area is 124 Å². The van der Waals surface area contributed by atoms with Gasteiger partial charge in [-0.1, -0.05) is 0 Å². The van der Waals surface area contributed by atoms with Gasteiger partial charge in [0.25, 0.3) is 5.56 Å². The molecule has 19 heavy (non-hydrogen) atoms. The number of fused-ring (bicyclic) bond motifs is 1. The van der Waals surface area contributed by atoms with Gasteiger partial charge < -0.3 is 9.47 Å². The molecule has 0 spiro atoms. The summed E-state index contributed by atoms with van der Waals surface area (Å²) in [5.74, 6) is 0.322. The Morgan fingerprint density at radius 1 is 1.53 bits per heavy atom. The molecule has 0 amide bonds. The van der Waals surface area contributed by atoms with Crippen LogP contribution in [-0.4, -0.2) is 39.9 Å². The molecule has 2 aromatic rings. The Balaban J connectivity index is 2.67. The van der Waals surface area contributed by atoms with Crippen LogP contribution in [0.3, 0.4) is 0 Å². The highest BCUT2D eigenvalue weighted by Crippen LogP contribution is 2.22. The first-order chi connectivity index (χ1) is 8.90. The summed E-state index contributed by atoms with van der Waals surface area (Å²) in [4.78, 5) is 25.1. The number of aliphatic imine (C=N–C) groups is 1. The third kappa shape index (κ3) is 2.80. The Bertz CT molecular complexity index is 683. The highest BCUT2D eigenvalue weighted by atomic mass is 127. The van der Waals surface area contributed by atoms with E-state index in [1.165, 1.54) is 0 Å². The lowest BCUT2D eigenvalue weighted by Crippen LogP contribution is -2.11. The maximum Gasteiger partial charge on any atom is 0.262 e. The quantitative estimate of drug-likeness (QED) is 0.509. The van der Waals surface area contributed by atoms with Gasteiger partial charge in [0.1, 0.15) is 0 Å². The maximum absolute atomic E-state index is 12.1. The SMILES string of the molecule is CC(C)n1cc(I)c2c(=O)[nH]c(/N=C\N(C)C)nc21. The second-order valence-corrected chi connectivity index (χ2v) is 5.94. The van der Waals surface area contributed by atoms with E-state index in [4.69, 9.17) is 0 Å². The molecule has 2 heterocycles. The third-order valence-corrected chi connectivity index (χ3v) is 3.41. The Morgan fingerprint density at radius 2 is 2.21 bits per heavy atom. The number of aromatic amines is 1. The number of hydrogen-bond acceptors (Lipinski definition) is 3. The van der Waals surface area contributed by atoms with Crippen LogP contribution in [0.4, 0.5) is 5.95 Å². The van der Waals surface area contributed by atoms with Crippen LogP contribution in [0.25, 0.3) is 11.0 Å². The van der Waals surface area contributed by atoms with Crippen molar-refractivity contribution in [3.05, 3.63) is 20.1 Å². The van der Waals surface area contributed by atoms with E-state index in [9.17, 15) is 4.79 Å². The summed E-state index contributed by atoms with van der Waals surface area (Å²) in [6.45, 7) is 4.11. The van der Waals surface area contributed by atoms with Gasteiger partial charge in [0.15, 0.2) is 5.65 Å². The molecule has 0 aliphatic heterocycles. The van der Waals surface area contributed by atoms with Crippen molar-refractivity contribution in [3.8, 4) is 0 Å². The predicted octanol–water partition coefficient (Wildman–Crippen LogP) is 2.13. The average Bonchev–Trinajstić information content (AvgIpc) is 2.64. The van der Waals surface area contributed by atoms with Crippen LogP contribution in [0.15, 0.2) is 16.0 Å². The smallest absolute Gasteiger partial charge is 0.262 e. The van der Waals surface area contributed by atoms with Crippen LogP contribution < -0.4 is 5.56 Å². The highest BCUT2D eigenvalue weighted by Gasteiger charge is 2.14. The number of nitrogens with one attached hydrogen (secondary N) is 1. The van der Waals surface area contributed by atoms with Gasteiger partial charge in [0, 0.05) is 29.9 Å². The van der Waals surface area contributed by atoms with Gasteiger partial charge in [-0.25, -0.2) is 4.99 Å². The molecule has 0 aliphatic rings. The second kappa shape index (κ2) is 5.32. The molecule has 1 N–H and O–H groups in total. The summed E-state index contributed by atoms with van der Waals surface area (Å²) < 4.78 is 2.89. The number of nitrogens with zero attached hydrogens (tertiary/aromatic N) is 4. The summed E-state index contributed by atoms with van der Waals surface area (Å²) in [6.07, 6.45) is 3.55. The molecule has 0 unspecified atom stereocenters. The zero-order chi connectivity index (χ0) is 14.2. The van der Waals surface area contributed by atoms with E-state index in [0.717, 1.165) is 3.57 Å². The normalized spacial score (nSPS) is 11.9. The lowest BCUT2D eigenvalue weighted by molar-refractivity contribution is 0.616. The van der Waals surface area contributed by atoms with Crippen molar-refractivity contribution < 1.29 is 0 Å². The second-order valence-electron chi connectivity index (χ2n) is 4.77. The minimum Gasteiger partial charge on any atom is -0.369 e. The minimum atomic E-state index is -0.153. The zero-order valence-electron chi connectivity index (χ0n) is 11.3. The average molecular weight is 373 g/mol. The summed E-state index contributed by atoms with van der Waals surface area (Å²) in [5.41, 5.74) is 0.522. The molecular weight excluding hydrogens is 357 g/mol. The molecule has 2 aromatic heterocycles. The van der Waals surface area contributed by atoms with Crippen LogP contribution in [0.1, 0.15) is 19.9 Å². The largest absolute Gasteiger partial charge is 0.369 e. The summed E-state index contributed by atoms with van der Waals surface area (Å²) in [6, 6.07) is 0.242. The van der Waals surface area contributed by atoms with Crippen molar-refractivity contribution in [1.29, 1.82) is 0 Å². The van der Waals surface area contributed by atoms with Crippen molar-refractivity contribution in [2.45, 2.75) is 19.9 Å². The predicted molar refractivity (Wildman–Crippen MR) is 85.3 cm³/mol. The molecule has 0 saturated carbocycles. The number of aromatic nitrogens is 3. The molecule has 7 heteroatoms. The zero-order valence-corrected chi connectivity index (χ0v) is 13.5. The molecule has 0 aromatic carbocycles. The van der Waals surface area contributed by atoms with E-state index in [2.05, 4.69) is 51.4 Å². The molecular formula is C12H16IN5O. The molecule has 0 radical (unpaired) electrons. The third-order valence-electron chi connectivity index (χ3n) is 2.59. The summed E-state index contributed by atoms with van der Waals surface area (Å²) >= 11 is 2.15. The van der Waals surface area contributed by atoms with Crippen molar-refractivity contribution in [1.82, 2.24) is 19.4 Å². The van der Waals surface area contributed by atoms with E-state index < -0.39 is 0 Å². The number of rotatable bonds is 3. The molecule has 0 saturated heterocycles. The summed E-state index contributed by atoms with van der Waals surface area (Å²) in [5, 5.41) is 0.623. The van der Waals surface area contributed by atoms with Crippen molar-refractivity contribution in [2.24, 2.45) is 4.99 Å². The van der Waals surface area contributed by atoms with Crippen LogP contribution in [-0.2, 0) is 0 Å². The Morgan fingerprint density at radius 3 is 2.79 bits per heavy atom. The van der Waals surface area contributed by atoms with Crippen LogP contribution in [0.2, 0.25) is 0 Å². The molecule has 0 fully saturated rings. The highest BCUT2D eigenvalue weighted by molar-refractivity contribution is 14.1. The fraction of sp³-hybridized carbons (Fsp3) is 0.417.